The number of hydrogen-bond donors (Lipinski definition) is 1. The highest BCUT2D eigenvalue weighted by Gasteiger charge is 2.23. The highest BCUT2D eigenvalue weighted by molar-refractivity contribution is 7.11. The van der Waals surface area contributed by atoms with E-state index in [-0.39, 0.29) is 5.82 Å². The molecule has 19 heavy (non-hydrogen) atoms. The van der Waals surface area contributed by atoms with Crippen LogP contribution < -0.4 is 5.32 Å². The Kier molecular flexibility index (Phi) is 3.62. The molecule has 2 nitrogen and oxygen atoms in total. The van der Waals surface area contributed by atoms with Gasteiger partial charge < -0.3 is 5.32 Å². The first kappa shape index (κ1) is 12.8. The van der Waals surface area contributed by atoms with E-state index in [1.54, 1.807) is 0 Å². The minimum atomic E-state index is -0.183. The van der Waals surface area contributed by atoms with Gasteiger partial charge in [-0.3, -0.25) is 0 Å². The zero-order chi connectivity index (χ0) is 13.2. The van der Waals surface area contributed by atoms with E-state index < -0.39 is 0 Å². The first-order chi connectivity index (χ1) is 9.26. The maximum atomic E-state index is 12.9. The molecule has 1 aromatic heterocycles. The van der Waals surface area contributed by atoms with Gasteiger partial charge in [-0.1, -0.05) is 12.1 Å². The highest BCUT2D eigenvalue weighted by Crippen LogP contribution is 2.33. The Labute approximate surface area is 116 Å². The van der Waals surface area contributed by atoms with Crippen molar-refractivity contribution in [3.05, 3.63) is 51.2 Å². The van der Waals surface area contributed by atoms with E-state index in [1.807, 2.05) is 30.5 Å². The lowest BCUT2D eigenvalue weighted by atomic mass is 9.98. The third-order valence-electron chi connectivity index (χ3n) is 3.62. The van der Waals surface area contributed by atoms with Gasteiger partial charge in [0.05, 0.1) is 16.7 Å². The first-order valence-corrected chi connectivity index (χ1v) is 7.48. The molecule has 1 heterocycles. The quantitative estimate of drug-likeness (QED) is 0.928. The molecule has 1 unspecified atom stereocenters. The highest BCUT2D eigenvalue weighted by atomic mass is 32.1. The summed E-state index contributed by atoms with van der Waals surface area (Å²) in [4.78, 5) is 6.20. The number of fused-ring (bicyclic) bond motifs is 1. The molecule has 2 aromatic rings. The topological polar surface area (TPSA) is 24.9 Å². The summed E-state index contributed by atoms with van der Waals surface area (Å²) in [5, 5.41) is 4.48. The van der Waals surface area contributed by atoms with Crippen molar-refractivity contribution < 1.29 is 4.39 Å². The molecule has 100 valence electrons. The van der Waals surface area contributed by atoms with Gasteiger partial charge in [0.1, 0.15) is 5.82 Å². The lowest BCUT2D eigenvalue weighted by molar-refractivity contribution is 0.489. The zero-order valence-corrected chi connectivity index (χ0v) is 11.8. The third-order valence-corrected chi connectivity index (χ3v) is 4.75. The lowest BCUT2D eigenvalue weighted by Crippen LogP contribution is -2.21. The molecule has 3 rings (SSSR count). The molecule has 1 aromatic carbocycles. The molecule has 4 heteroatoms. The Morgan fingerprint density at radius 3 is 2.89 bits per heavy atom. The van der Waals surface area contributed by atoms with E-state index in [0.29, 0.717) is 6.04 Å². The minimum absolute atomic E-state index is 0.183. The number of benzene rings is 1. The van der Waals surface area contributed by atoms with Crippen LogP contribution in [0.15, 0.2) is 24.3 Å². The fraction of sp³-hybridized carbons (Fsp3) is 0.400. The number of hydrogen-bond acceptors (Lipinski definition) is 3. The summed E-state index contributed by atoms with van der Waals surface area (Å²) in [5.74, 6) is -0.183. The fourth-order valence-electron chi connectivity index (χ4n) is 2.60. The number of rotatable bonds is 3. The molecule has 0 radical (unpaired) electrons. The molecule has 0 saturated carbocycles. The second kappa shape index (κ2) is 5.39. The summed E-state index contributed by atoms with van der Waals surface area (Å²) < 4.78 is 12.9. The third kappa shape index (κ3) is 2.69. The van der Waals surface area contributed by atoms with Gasteiger partial charge in [0.2, 0.25) is 0 Å². The molecule has 0 fully saturated rings. The number of halogens is 1. The van der Waals surface area contributed by atoms with Gasteiger partial charge in [-0.15, -0.1) is 11.3 Å². The van der Waals surface area contributed by atoms with Crippen molar-refractivity contribution in [3.8, 4) is 0 Å². The SMILES string of the molecule is CNC1CCCc2sc(Cc3ccc(F)cc3)nc21. The van der Waals surface area contributed by atoms with Crippen LogP contribution in [0.25, 0.3) is 0 Å². The number of aromatic nitrogens is 1. The second-order valence-electron chi connectivity index (χ2n) is 4.95. The monoisotopic (exact) mass is 276 g/mol. The molecule has 0 saturated heterocycles. The Morgan fingerprint density at radius 1 is 1.37 bits per heavy atom. The normalized spacial score (nSPS) is 18.3. The standard InChI is InChI=1S/C15H17FN2S/c1-17-12-3-2-4-13-15(12)18-14(19-13)9-10-5-7-11(16)8-6-10/h5-8,12,17H,2-4,9H2,1H3. The van der Waals surface area contributed by atoms with Crippen LogP contribution in [0.2, 0.25) is 0 Å². The first-order valence-electron chi connectivity index (χ1n) is 6.66. The summed E-state index contributed by atoms with van der Waals surface area (Å²) in [5.41, 5.74) is 2.35. The summed E-state index contributed by atoms with van der Waals surface area (Å²) >= 11 is 1.81. The van der Waals surface area contributed by atoms with E-state index in [9.17, 15) is 4.39 Å². The maximum Gasteiger partial charge on any atom is 0.123 e. The number of aryl methyl sites for hydroxylation is 1. The molecular formula is C15H17FN2S. The number of nitrogens with zero attached hydrogens (tertiary/aromatic N) is 1. The maximum absolute atomic E-state index is 12.9. The molecule has 1 atom stereocenters. The predicted molar refractivity (Wildman–Crippen MR) is 76.1 cm³/mol. The second-order valence-corrected chi connectivity index (χ2v) is 6.12. The molecule has 1 aliphatic rings. The van der Waals surface area contributed by atoms with Crippen molar-refractivity contribution >= 4 is 11.3 Å². The van der Waals surface area contributed by atoms with Gasteiger partial charge in [0.25, 0.3) is 0 Å². The molecule has 0 spiro atoms. The van der Waals surface area contributed by atoms with Crippen molar-refractivity contribution in [2.45, 2.75) is 31.7 Å². The number of thiazole rings is 1. The molecular weight excluding hydrogens is 259 g/mol. The smallest absolute Gasteiger partial charge is 0.123 e. The molecule has 0 aliphatic heterocycles. The molecule has 1 N–H and O–H groups in total. The molecule has 0 bridgehead atoms. The van der Waals surface area contributed by atoms with Crippen LogP contribution in [0, 0.1) is 5.82 Å². The Balaban J connectivity index is 1.82. The van der Waals surface area contributed by atoms with Gasteiger partial charge in [-0.25, -0.2) is 9.37 Å². The van der Waals surface area contributed by atoms with Gasteiger partial charge in [0.15, 0.2) is 0 Å². The van der Waals surface area contributed by atoms with Crippen molar-refractivity contribution in [2.24, 2.45) is 0 Å². The minimum Gasteiger partial charge on any atom is -0.312 e. The van der Waals surface area contributed by atoms with Crippen LogP contribution in [0.1, 0.15) is 40.0 Å². The average molecular weight is 276 g/mol. The average Bonchev–Trinajstić information content (AvgIpc) is 2.83. The summed E-state index contributed by atoms with van der Waals surface area (Å²) in [6, 6.07) is 7.11. The van der Waals surface area contributed by atoms with Crippen molar-refractivity contribution in [2.75, 3.05) is 7.05 Å². The van der Waals surface area contributed by atoms with Gasteiger partial charge in [0, 0.05) is 11.3 Å². The van der Waals surface area contributed by atoms with Gasteiger partial charge in [-0.2, -0.15) is 0 Å². The van der Waals surface area contributed by atoms with E-state index in [1.165, 1.54) is 35.5 Å². The summed E-state index contributed by atoms with van der Waals surface area (Å²) in [6.45, 7) is 0. The van der Waals surface area contributed by atoms with Gasteiger partial charge >= 0.3 is 0 Å². The van der Waals surface area contributed by atoms with Crippen LogP contribution in [0.4, 0.5) is 4.39 Å². The summed E-state index contributed by atoms with van der Waals surface area (Å²) in [7, 11) is 2.00. The Morgan fingerprint density at radius 2 is 2.16 bits per heavy atom. The molecule has 1 aliphatic carbocycles. The summed E-state index contributed by atoms with van der Waals surface area (Å²) in [6.07, 6.45) is 4.35. The van der Waals surface area contributed by atoms with Crippen LogP contribution >= 0.6 is 11.3 Å². The zero-order valence-electron chi connectivity index (χ0n) is 10.9. The fourth-order valence-corrected chi connectivity index (χ4v) is 3.81. The van der Waals surface area contributed by atoms with Crippen LogP contribution in [0.3, 0.4) is 0 Å². The largest absolute Gasteiger partial charge is 0.312 e. The Hall–Kier alpha value is -1.26. The van der Waals surface area contributed by atoms with Crippen LogP contribution in [-0.4, -0.2) is 12.0 Å². The van der Waals surface area contributed by atoms with E-state index in [2.05, 4.69) is 5.32 Å². The Bertz CT molecular complexity index is 562. The van der Waals surface area contributed by atoms with Crippen molar-refractivity contribution in [1.82, 2.24) is 10.3 Å². The predicted octanol–water partition coefficient (Wildman–Crippen LogP) is 3.47. The van der Waals surface area contributed by atoms with Crippen LogP contribution in [0.5, 0.6) is 0 Å². The van der Waals surface area contributed by atoms with Crippen molar-refractivity contribution in [3.63, 3.8) is 0 Å². The molecule has 0 amide bonds. The van der Waals surface area contributed by atoms with Gasteiger partial charge in [-0.05, 0) is 44.0 Å². The number of nitrogens with one attached hydrogen (secondary N) is 1. The van der Waals surface area contributed by atoms with E-state index in [4.69, 9.17) is 4.98 Å². The van der Waals surface area contributed by atoms with Crippen molar-refractivity contribution in [1.29, 1.82) is 0 Å². The lowest BCUT2D eigenvalue weighted by Gasteiger charge is -2.19. The van der Waals surface area contributed by atoms with Crippen LogP contribution in [-0.2, 0) is 12.8 Å². The van der Waals surface area contributed by atoms with E-state index >= 15 is 0 Å². The van der Waals surface area contributed by atoms with E-state index in [0.717, 1.165) is 23.4 Å².